The van der Waals surface area contributed by atoms with Gasteiger partial charge in [-0.3, -0.25) is 19.7 Å². The van der Waals surface area contributed by atoms with Gasteiger partial charge in [0.15, 0.2) is 0 Å². The van der Waals surface area contributed by atoms with Gasteiger partial charge in [0.2, 0.25) is 0 Å². The van der Waals surface area contributed by atoms with E-state index in [1.165, 1.54) is 16.7 Å². The third-order valence-corrected chi connectivity index (χ3v) is 7.93. The smallest absolute Gasteiger partial charge is 0.254 e. The van der Waals surface area contributed by atoms with Crippen LogP contribution in [0.2, 0.25) is 0 Å². The highest BCUT2D eigenvalue weighted by molar-refractivity contribution is 5.93. The van der Waals surface area contributed by atoms with Gasteiger partial charge < -0.3 is 10.2 Å². The highest BCUT2D eigenvalue weighted by Gasteiger charge is 2.28. The molecule has 8 nitrogen and oxygen atoms in total. The second-order valence-corrected chi connectivity index (χ2v) is 10.8. The molecule has 0 aromatic carbocycles. The van der Waals surface area contributed by atoms with Crippen LogP contribution >= 0.6 is 0 Å². The zero-order chi connectivity index (χ0) is 27.4. The van der Waals surface area contributed by atoms with Gasteiger partial charge >= 0.3 is 0 Å². The molecule has 2 aliphatic rings. The summed E-state index contributed by atoms with van der Waals surface area (Å²) in [6.07, 6.45) is 12.8. The summed E-state index contributed by atoms with van der Waals surface area (Å²) in [6.45, 7) is 7.36. The van der Waals surface area contributed by atoms with E-state index in [2.05, 4.69) is 82.4 Å². The second-order valence-electron chi connectivity index (χ2n) is 10.8. The van der Waals surface area contributed by atoms with Crippen molar-refractivity contribution < 1.29 is 4.79 Å². The molecule has 4 rings (SSSR count). The van der Waals surface area contributed by atoms with Gasteiger partial charge in [0.1, 0.15) is 0 Å². The number of piperidine rings is 1. The number of nitrogens with one attached hydrogen (secondary N) is 1. The average molecular weight is 518 g/mol. The van der Waals surface area contributed by atoms with Gasteiger partial charge in [-0.15, -0.1) is 0 Å². The van der Waals surface area contributed by atoms with Crippen molar-refractivity contribution in [2.45, 2.75) is 44.8 Å². The van der Waals surface area contributed by atoms with Gasteiger partial charge in [-0.1, -0.05) is 23.8 Å². The maximum absolute atomic E-state index is 12.2. The number of pyridine rings is 2. The lowest BCUT2D eigenvalue weighted by atomic mass is 9.92. The van der Waals surface area contributed by atoms with Gasteiger partial charge in [0.25, 0.3) is 5.91 Å². The lowest BCUT2D eigenvalue weighted by Gasteiger charge is -2.42. The van der Waals surface area contributed by atoms with Crippen molar-refractivity contribution in [3.05, 3.63) is 76.4 Å². The van der Waals surface area contributed by atoms with E-state index >= 15 is 0 Å². The highest BCUT2D eigenvalue weighted by Crippen LogP contribution is 2.32. The molecule has 2 aromatic rings. The molecule has 0 radical (unpaired) electrons. The highest BCUT2D eigenvalue weighted by atomic mass is 16.2. The number of hydrazine groups is 1. The van der Waals surface area contributed by atoms with Gasteiger partial charge in [-0.25, -0.2) is 10.0 Å². The Morgan fingerprint density at radius 2 is 1.84 bits per heavy atom. The Hall–Kier alpha value is -2.91. The van der Waals surface area contributed by atoms with Gasteiger partial charge in [0, 0.05) is 70.0 Å². The molecule has 1 N–H and O–H groups in total. The molecule has 1 amide bonds. The number of aryl methyl sites for hydroxylation is 1. The summed E-state index contributed by atoms with van der Waals surface area (Å²) in [5.41, 5.74) is 6.63. The van der Waals surface area contributed by atoms with Crippen LogP contribution in [0.3, 0.4) is 0 Å². The van der Waals surface area contributed by atoms with E-state index in [1.807, 2.05) is 25.4 Å². The summed E-state index contributed by atoms with van der Waals surface area (Å²) in [7, 11) is 9.77. The summed E-state index contributed by atoms with van der Waals surface area (Å²) in [5, 5.41) is 7.84. The number of aromatic nitrogens is 2. The van der Waals surface area contributed by atoms with Gasteiger partial charge in [0.05, 0.1) is 17.8 Å². The minimum Gasteiger partial charge on any atom is -0.345 e. The van der Waals surface area contributed by atoms with Crippen LogP contribution in [0.25, 0.3) is 6.08 Å². The maximum atomic E-state index is 12.2. The number of nitrogens with zero attached hydrogens (tertiary/aromatic N) is 6. The lowest BCUT2D eigenvalue weighted by molar-refractivity contribution is -0.0397. The van der Waals surface area contributed by atoms with E-state index in [1.54, 1.807) is 25.2 Å². The lowest BCUT2D eigenvalue weighted by Crippen LogP contribution is -2.52. The molecule has 0 aliphatic carbocycles. The molecule has 2 unspecified atom stereocenters. The van der Waals surface area contributed by atoms with E-state index in [9.17, 15) is 4.79 Å². The van der Waals surface area contributed by atoms with E-state index < -0.39 is 0 Å². The number of hydrogen-bond donors (Lipinski definition) is 1. The minimum atomic E-state index is -0.00604. The van der Waals surface area contributed by atoms with Crippen LogP contribution in [0.5, 0.6) is 0 Å². The first-order chi connectivity index (χ1) is 18.2. The van der Waals surface area contributed by atoms with Crippen LogP contribution in [0, 0.1) is 6.92 Å². The Kier molecular flexibility index (Phi) is 9.10. The van der Waals surface area contributed by atoms with Crippen molar-refractivity contribution in [1.82, 2.24) is 35.1 Å². The van der Waals surface area contributed by atoms with Crippen LogP contribution in [0.1, 0.15) is 64.6 Å². The minimum absolute atomic E-state index is 0.00604. The fourth-order valence-corrected chi connectivity index (χ4v) is 5.55. The molecule has 4 heterocycles. The third-order valence-electron chi connectivity index (χ3n) is 7.93. The molecule has 1 saturated heterocycles. The monoisotopic (exact) mass is 517 g/mol. The number of likely N-dealkylation sites (tertiary alicyclic amines) is 1. The Morgan fingerprint density at radius 3 is 2.47 bits per heavy atom. The standard InChI is InChI=1S/C30H43N7O/c1-21(18-26-22(2)32-15-12-25(26)28-10-11-29(31-3)36(7)35(28)6)20-37-16-13-23(14-17-37)27-9-8-24(19-33-27)30(38)34(4)5/h8-12,15,18-19,23,28-29,31H,13-14,16-17,20H2,1-7H3/b21-18+. The number of likely N-dealkylation sites (N-methyl/N-ethyl adjacent to an activating group) is 3. The van der Waals surface area contributed by atoms with E-state index in [0.29, 0.717) is 11.5 Å². The first kappa shape index (κ1) is 28.1. The van der Waals surface area contributed by atoms with Crippen LogP contribution in [0.15, 0.2) is 48.3 Å². The number of carbonyl (C=O) groups excluding carboxylic acids is 1. The van der Waals surface area contributed by atoms with E-state index in [0.717, 1.165) is 43.9 Å². The predicted octanol–water partition coefficient (Wildman–Crippen LogP) is 3.70. The van der Waals surface area contributed by atoms with Crippen molar-refractivity contribution in [3.63, 3.8) is 0 Å². The molecule has 2 aliphatic heterocycles. The fraction of sp³-hybridized carbons (Fsp3) is 0.500. The number of hydrogen-bond acceptors (Lipinski definition) is 7. The Balaban J connectivity index is 1.41. The number of amides is 1. The van der Waals surface area contributed by atoms with E-state index in [-0.39, 0.29) is 18.1 Å². The van der Waals surface area contributed by atoms with Crippen LogP contribution in [0.4, 0.5) is 0 Å². The molecule has 2 aromatic heterocycles. The third kappa shape index (κ3) is 6.21. The quantitative estimate of drug-likeness (QED) is 0.562. The fourth-order valence-electron chi connectivity index (χ4n) is 5.55. The molecule has 204 valence electrons. The summed E-state index contributed by atoms with van der Waals surface area (Å²) < 4.78 is 0. The van der Waals surface area contributed by atoms with Crippen LogP contribution < -0.4 is 5.32 Å². The molecule has 2 atom stereocenters. The second kappa shape index (κ2) is 12.3. The summed E-state index contributed by atoms with van der Waals surface area (Å²) in [4.78, 5) is 25.5. The van der Waals surface area contributed by atoms with E-state index in [4.69, 9.17) is 0 Å². The van der Waals surface area contributed by atoms with Gasteiger partial charge in [-0.2, -0.15) is 0 Å². The summed E-state index contributed by atoms with van der Waals surface area (Å²) in [6, 6.07) is 6.25. The maximum Gasteiger partial charge on any atom is 0.254 e. The Morgan fingerprint density at radius 1 is 1.11 bits per heavy atom. The zero-order valence-electron chi connectivity index (χ0n) is 24.0. The summed E-state index contributed by atoms with van der Waals surface area (Å²) in [5.74, 6) is 0.437. The van der Waals surface area contributed by atoms with Crippen LogP contribution in [-0.2, 0) is 0 Å². The molecule has 0 saturated carbocycles. The summed E-state index contributed by atoms with van der Waals surface area (Å²) >= 11 is 0. The van der Waals surface area contributed by atoms with Crippen molar-refractivity contribution >= 4 is 12.0 Å². The average Bonchev–Trinajstić information content (AvgIpc) is 2.91. The number of rotatable bonds is 7. The normalized spacial score (nSPS) is 22.1. The first-order valence-corrected chi connectivity index (χ1v) is 13.5. The van der Waals surface area contributed by atoms with Gasteiger partial charge in [-0.05, 0) is 70.6 Å². The molecule has 8 heteroatoms. The van der Waals surface area contributed by atoms with Crippen molar-refractivity contribution in [1.29, 1.82) is 0 Å². The Bertz CT molecular complexity index is 1170. The SMILES string of the molecule is CNC1C=CC(c2ccnc(C)c2/C=C(\C)CN2CCC(c3ccc(C(=O)N(C)C)cn3)CC2)N(C)N1C. The van der Waals surface area contributed by atoms with Crippen molar-refractivity contribution in [2.24, 2.45) is 0 Å². The molecular weight excluding hydrogens is 474 g/mol. The number of carbonyl (C=O) groups is 1. The molecular formula is C30H43N7O. The topological polar surface area (TPSA) is 67.8 Å². The molecule has 0 spiro atoms. The largest absolute Gasteiger partial charge is 0.345 e. The molecule has 0 bridgehead atoms. The molecule has 1 fully saturated rings. The van der Waals surface area contributed by atoms with Crippen LogP contribution in [-0.4, -0.2) is 96.7 Å². The zero-order valence-corrected chi connectivity index (χ0v) is 24.0. The van der Waals surface area contributed by atoms with Crippen molar-refractivity contribution in [3.8, 4) is 0 Å². The van der Waals surface area contributed by atoms with Crippen molar-refractivity contribution in [2.75, 3.05) is 54.9 Å². The predicted molar refractivity (Wildman–Crippen MR) is 154 cm³/mol. The first-order valence-electron chi connectivity index (χ1n) is 13.5. The Labute approximate surface area is 228 Å². The molecule has 38 heavy (non-hydrogen) atoms.